The molecule has 0 aromatic heterocycles. The van der Waals surface area contributed by atoms with Crippen LogP contribution in [0.15, 0.2) is 16.6 Å². The molecule has 1 heterocycles. The summed E-state index contributed by atoms with van der Waals surface area (Å²) >= 11 is 3.57. The molecule has 1 aliphatic heterocycles. The second kappa shape index (κ2) is 6.87. The molecular formula is C16H24BrNO. The molecule has 1 aliphatic rings. The van der Waals surface area contributed by atoms with Gasteiger partial charge in [-0.1, -0.05) is 22.0 Å². The lowest BCUT2D eigenvalue weighted by Crippen LogP contribution is -2.21. The van der Waals surface area contributed by atoms with Crippen molar-refractivity contribution in [1.29, 1.82) is 0 Å². The summed E-state index contributed by atoms with van der Waals surface area (Å²) in [7, 11) is 0. The van der Waals surface area contributed by atoms with E-state index < -0.39 is 0 Å². The van der Waals surface area contributed by atoms with E-state index in [1.807, 2.05) is 0 Å². The van der Waals surface area contributed by atoms with Gasteiger partial charge in [-0.3, -0.25) is 0 Å². The van der Waals surface area contributed by atoms with Gasteiger partial charge in [-0.25, -0.2) is 0 Å². The molecule has 1 aromatic carbocycles. The summed E-state index contributed by atoms with van der Waals surface area (Å²) in [6.45, 7) is 5.18. The monoisotopic (exact) mass is 325 g/mol. The van der Waals surface area contributed by atoms with Crippen LogP contribution in [0.25, 0.3) is 0 Å². The van der Waals surface area contributed by atoms with Crippen LogP contribution in [0.4, 0.5) is 0 Å². The smallest absolute Gasteiger partial charge is 0.0575 e. The van der Waals surface area contributed by atoms with Crippen molar-refractivity contribution in [2.45, 2.75) is 58.1 Å². The SMILES string of the molecule is Cc1cc(C(N)CCC2CCCCO2)c(C)cc1Br. The van der Waals surface area contributed by atoms with Gasteiger partial charge in [0.05, 0.1) is 6.10 Å². The summed E-state index contributed by atoms with van der Waals surface area (Å²) in [5, 5.41) is 0. The first kappa shape index (κ1) is 15.0. The topological polar surface area (TPSA) is 35.2 Å². The highest BCUT2D eigenvalue weighted by Crippen LogP contribution is 2.28. The lowest BCUT2D eigenvalue weighted by atomic mass is 9.94. The second-order valence-electron chi connectivity index (χ2n) is 5.63. The molecule has 0 radical (unpaired) electrons. The molecule has 2 unspecified atom stereocenters. The molecule has 0 saturated carbocycles. The predicted octanol–water partition coefficient (Wildman–Crippen LogP) is 4.42. The molecule has 0 bridgehead atoms. The normalized spacial score (nSPS) is 21.4. The molecule has 1 saturated heterocycles. The lowest BCUT2D eigenvalue weighted by molar-refractivity contribution is 0.00911. The number of rotatable bonds is 4. The van der Waals surface area contributed by atoms with E-state index in [1.54, 1.807) is 0 Å². The summed E-state index contributed by atoms with van der Waals surface area (Å²) in [6.07, 6.45) is 6.23. The Balaban J connectivity index is 1.95. The molecular weight excluding hydrogens is 302 g/mol. The van der Waals surface area contributed by atoms with Crippen LogP contribution in [-0.4, -0.2) is 12.7 Å². The largest absolute Gasteiger partial charge is 0.378 e. The van der Waals surface area contributed by atoms with Crippen LogP contribution in [-0.2, 0) is 4.74 Å². The van der Waals surface area contributed by atoms with Crippen LogP contribution in [0.3, 0.4) is 0 Å². The van der Waals surface area contributed by atoms with Gasteiger partial charge in [0, 0.05) is 17.1 Å². The number of benzene rings is 1. The van der Waals surface area contributed by atoms with E-state index >= 15 is 0 Å². The molecule has 0 spiro atoms. The maximum atomic E-state index is 6.36. The Bertz CT molecular complexity index is 427. The van der Waals surface area contributed by atoms with Crippen LogP contribution in [0.2, 0.25) is 0 Å². The summed E-state index contributed by atoms with van der Waals surface area (Å²) in [5.74, 6) is 0. The Morgan fingerprint density at radius 1 is 1.32 bits per heavy atom. The zero-order chi connectivity index (χ0) is 13.8. The zero-order valence-corrected chi connectivity index (χ0v) is 13.5. The molecule has 1 fully saturated rings. The average molecular weight is 326 g/mol. The van der Waals surface area contributed by atoms with Crippen molar-refractivity contribution in [2.75, 3.05) is 6.61 Å². The van der Waals surface area contributed by atoms with Gasteiger partial charge in [0.2, 0.25) is 0 Å². The molecule has 2 rings (SSSR count). The number of halogens is 1. The fourth-order valence-corrected chi connectivity index (χ4v) is 3.22. The number of nitrogens with two attached hydrogens (primary N) is 1. The summed E-state index contributed by atoms with van der Waals surface area (Å²) in [6, 6.07) is 4.50. The average Bonchev–Trinajstić information content (AvgIpc) is 2.41. The molecule has 0 aliphatic carbocycles. The Labute approximate surface area is 124 Å². The third kappa shape index (κ3) is 4.04. The minimum Gasteiger partial charge on any atom is -0.378 e. The number of ether oxygens (including phenoxy) is 1. The van der Waals surface area contributed by atoms with Crippen molar-refractivity contribution in [3.8, 4) is 0 Å². The van der Waals surface area contributed by atoms with Gasteiger partial charge in [0.25, 0.3) is 0 Å². The van der Waals surface area contributed by atoms with E-state index in [9.17, 15) is 0 Å². The quantitative estimate of drug-likeness (QED) is 0.889. The van der Waals surface area contributed by atoms with Crippen LogP contribution in [0.5, 0.6) is 0 Å². The predicted molar refractivity (Wildman–Crippen MR) is 83.4 cm³/mol. The first-order valence-corrected chi connectivity index (χ1v) is 8.01. The highest BCUT2D eigenvalue weighted by molar-refractivity contribution is 9.10. The van der Waals surface area contributed by atoms with Crippen molar-refractivity contribution >= 4 is 15.9 Å². The van der Waals surface area contributed by atoms with Gasteiger partial charge < -0.3 is 10.5 Å². The molecule has 2 atom stereocenters. The number of hydrogen-bond acceptors (Lipinski definition) is 2. The standard InChI is InChI=1S/C16H24BrNO/c1-11-10-15(17)12(2)9-14(11)16(18)7-6-13-5-3-4-8-19-13/h9-10,13,16H,3-8,18H2,1-2H3. The maximum Gasteiger partial charge on any atom is 0.0575 e. The van der Waals surface area contributed by atoms with Crippen molar-refractivity contribution in [1.82, 2.24) is 0 Å². The highest BCUT2D eigenvalue weighted by atomic mass is 79.9. The molecule has 106 valence electrons. The Hall–Kier alpha value is -0.380. The van der Waals surface area contributed by atoms with E-state index in [0.717, 1.165) is 23.9 Å². The fraction of sp³-hybridized carbons (Fsp3) is 0.625. The van der Waals surface area contributed by atoms with E-state index in [1.165, 1.54) is 36.0 Å². The van der Waals surface area contributed by atoms with Crippen molar-refractivity contribution in [3.63, 3.8) is 0 Å². The van der Waals surface area contributed by atoms with Crippen LogP contribution >= 0.6 is 15.9 Å². The van der Waals surface area contributed by atoms with Crippen molar-refractivity contribution in [2.24, 2.45) is 5.73 Å². The molecule has 1 aromatic rings. The summed E-state index contributed by atoms with van der Waals surface area (Å²) in [4.78, 5) is 0. The van der Waals surface area contributed by atoms with E-state index in [2.05, 4.69) is 41.9 Å². The highest BCUT2D eigenvalue weighted by Gasteiger charge is 2.17. The molecule has 0 amide bonds. The first-order valence-electron chi connectivity index (χ1n) is 7.21. The molecule has 19 heavy (non-hydrogen) atoms. The van der Waals surface area contributed by atoms with Crippen LogP contribution < -0.4 is 5.73 Å². The van der Waals surface area contributed by atoms with Gasteiger partial charge in [-0.2, -0.15) is 0 Å². The fourth-order valence-electron chi connectivity index (χ4n) is 2.76. The van der Waals surface area contributed by atoms with Gasteiger partial charge in [-0.05, 0) is 68.7 Å². The minimum atomic E-state index is 0.123. The Morgan fingerprint density at radius 3 is 2.79 bits per heavy atom. The third-order valence-corrected chi connectivity index (χ3v) is 4.87. The minimum absolute atomic E-state index is 0.123. The lowest BCUT2D eigenvalue weighted by Gasteiger charge is -2.24. The Kier molecular flexibility index (Phi) is 5.43. The van der Waals surface area contributed by atoms with Crippen LogP contribution in [0, 0.1) is 13.8 Å². The van der Waals surface area contributed by atoms with Crippen LogP contribution in [0.1, 0.15) is 54.8 Å². The van der Waals surface area contributed by atoms with Gasteiger partial charge in [0.15, 0.2) is 0 Å². The van der Waals surface area contributed by atoms with E-state index in [0.29, 0.717) is 6.10 Å². The van der Waals surface area contributed by atoms with Crippen molar-refractivity contribution in [3.05, 3.63) is 33.3 Å². The molecule has 2 nitrogen and oxygen atoms in total. The second-order valence-corrected chi connectivity index (χ2v) is 6.48. The van der Waals surface area contributed by atoms with E-state index in [4.69, 9.17) is 10.5 Å². The van der Waals surface area contributed by atoms with Gasteiger partial charge in [0.1, 0.15) is 0 Å². The summed E-state index contributed by atoms with van der Waals surface area (Å²) < 4.78 is 6.94. The van der Waals surface area contributed by atoms with Gasteiger partial charge >= 0.3 is 0 Å². The Morgan fingerprint density at radius 2 is 2.11 bits per heavy atom. The first-order chi connectivity index (χ1) is 9.08. The van der Waals surface area contributed by atoms with Gasteiger partial charge in [-0.15, -0.1) is 0 Å². The molecule has 2 N–H and O–H groups in total. The van der Waals surface area contributed by atoms with E-state index in [-0.39, 0.29) is 6.04 Å². The third-order valence-electron chi connectivity index (χ3n) is 4.02. The van der Waals surface area contributed by atoms with Crippen molar-refractivity contribution < 1.29 is 4.74 Å². The summed E-state index contributed by atoms with van der Waals surface area (Å²) in [5.41, 5.74) is 10.2. The molecule has 3 heteroatoms. The number of hydrogen-bond donors (Lipinski definition) is 1. The maximum absolute atomic E-state index is 6.36. The zero-order valence-electron chi connectivity index (χ0n) is 11.9. The number of aryl methyl sites for hydroxylation is 2.